The van der Waals surface area contributed by atoms with Gasteiger partial charge in [0.05, 0.1) is 6.54 Å². The third-order valence-corrected chi connectivity index (χ3v) is 7.28. The largest absolute Gasteiger partial charge is 0.298 e. The number of halogens is 2. The minimum Gasteiger partial charge on any atom is -0.298 e. The normalized spacial score (nSPS) is 26.1. The second-order valence-electron chi connectivity index (χ2n) is 9.62. The fourth-order valence-electron chi connectivity index (χ4n) is 5.67. The second-order valence-corrected chi connectivity index (χ2v) is 9.62. The molecule has 0 N–H and O–H groups in total. The van der Waals surface area contributed by atoms with Crippen molar-refractivity contribution in [2.45, 2.75) is 38.2 Å². The van der Waals surface area contributed by atoms with Crippen LogP contribution in [0.15, 0.2) is 60.7 Å². The predicted octanol–water partition coefficient (Wildman–Crippen LogP) is 5.50. The third-order valence-electron chi connectivity index (χ3n) is 7.28. The van der Waals surface area contributed by atoms with Crippen LogP contribution in [0.5, 0.6) is 0 Å². The Labute approximate surface area is 184 Å². The molecule has 2 heterocycles. The van der Waals surface area contributed by atoms with Crippen molar-refractivity contribution in [3.8, 4) is 0 Å². The van der Waals surface area contributed by atoms with Crippen LogP contribution in [-0.4, -0.2) is 48.4 Å². The highest BCUT2D eigenvalue weighted by Gasteiger charge is 2.38. The summed E-state index contributed by atoms with van der Waals surface area (Å²) in [6.07, 6.45) is 5.10. The number of benzene rings is 2. The number of piperidine rings is 1. The van der Waals surface area contributed by atoms with Gasteiger partial charge in [-0.3, -0.25) is 9.80 Å². The Balaban J connectivity index is 1.17. The molecular formula is C27H32F2N2. The number of allylic oxidation sites excluding steroid dienone is 1. The molecule has 5 rings (SSSR count). The van der Waals surface area contributed by atoms with Crippen LogP contribution < -0.4 is 0 Å². The van der Waals surface area contributed by atoms with E-state index in [1.165, 1.54) is 35.2 Å². The van der Waals surface area contributed by atoms with Crippen LogP contribution in [0.3, 0.4) is 0 Å². The molecule has 4 heteroatoms. The summed E-state index contributed by atoms with van der Waals surface area (Å²) < 4.78 is 27.2. The van der Waals surface area contributed by atoms with Gasteiger partial charge in [0.25, 0.3) is 5.92 Å². The zero-order chi connectivity index (χ0) is 21.3. The van der Waals surface area contributed by atoms with Gasteiger partial charge in [-0.1, -0.05) is 60.7 Å². The van der Waals surface area contributed by atoms with E-state index >= 15 is 0 Å². The first-order chi connectivity index (χ1) is 15.1. The lowest BCUT2D eigenvalue weighted by Crippen LogP contribution is -2.43. The Hall–Kier alpha value is -2.04. The maximum Gasteiger partial charge on any atom is 0.260 e. The van der Waals surface area contributed by atoms with Gasteiger partial charge >= 0.3 is 0 Å². The van der Waals surface area contributed by atoms with Crippen molar-refractivity contribution in [2.24, 2.45) is 11.8 Å². The van der Waals surface area contributed by atoms with Crippen LogP contribution >= 0.6 is 0 Å². The van der Waals surface area contributed by atoms with Crippen molar-refractivity contribution in [3.63, 3.8) is 0 Å². The molecule has 1 aliphatic carbocycles. The van der Waals surface area contributed by atoms with E-state index in [1.807, 2.05) is 4.90 Å². The average Bonchev–Trinajstić information content (AvgIpc) is 3.33. The zero-order valence-corrected chi connectivity index (χ0v) is 18.1. The summed E-state index contributed by atoms with van der Waals surface area (Å²) in [6, 6.07) is 19.6. The van der Waals surface area contributed by atoms with Crippen LogP contribution in [-0.2, 0) is 13.0 Å². The molecule has 0 bridgehead atoms. The Morgan fingerprint density at radius 3 is 2.48 bits per heavy atom. The first-order valence-electron chi connectivity index (χ1n) is 11.7. The monoisotopic (exact) mass is 422 g/mol. The molecule has 3 aliphatic rings. The lowest BCUT2D eigenvalue weighted by molar-refractivity contribution is -0.0635. The first-order valence-corrected chi connectivity index (χ1v) is 11.7. The van der Waals surface area contributed by atoms with E-state index < -0.39 is 5.92 Å². The van der Waals surface area contributed by atoms with Crippen molar-refractivity contribution in [1.29, 1.82) is 0 Å². The van der Waals surface area contributed by atoms with E-state index in [0.717, 1.165) is 38.5 Å². The van der Waals surface area contributed by atoms with Gasteiger partial charge in [0, 0.05) is 38.5 Å². The van der Waals surface area contributed by atoms with Crippen LogP contribution in [0.1, 0.15) is 36.0 Å². The van der Waals surface area contributed by atoms with Crippen molar-refractivity contribution in [3.05, 3.63) is 77.4 Å². The van der Waals surface area contributed by atoms with Crippen molar-refractivity contribution >= 4 is 5.57 Å². The Bertz CT molecular complexity index is 907. The molecule has 2 atom stereocenters. The topological polar surface area (TPSA) is 6.48 Å². The fraction of sp³-hybridized carbons (Fsp3) is 0.481. The van der Waals surface area contributed by atoms with E-state index in [0.29, 0.717) is 12.3 Å². The third kappa shape index (κ3) is 4.91. The van der Waals surface area contributed by atoms with Gasteiger partial charge in [0.2, 0.25) is 0 Å². The minimum absolute atomic E-state index is 0.0399. The van der Waals surface area contributed by atoms with Gasteiger partial charge in [-0.15, -0.1) is 0 Å². The highest BCUT2D eigenvalue weighted by atomic mass is 19.3. The van der Waals surface area contributed by atoms with Crippen LogP contribution in [0.25, 0.3) is 5.57 Å². The highest BCUT2D eigenvalue weighted by Crippen LogP contribution is 2.43. The van der Waals surface area contributed by atoms with E-state index in [-0.39, 0.29) is 13.0 Å². The molecule has 0 radical (unpaired) electrons. The smallest absolute Gasteiger partial charge is 0.260 e. The number of rotatable bonds is 6. The number of hydrogen-bond donors (Lipinski definition) is 0. The SMILES string of the molecule is FC1(F)CCCN(CCc2ccc(C3=CCC4CN(Cc5ccccc5)CC34)cc2)C1. The molecule has 2 saturated heterocycles. The quantitative estimate of drug-likeness (QED) is 0.607. The van der Waals surface area contributed by atoms with Gasteiger partial charge in [-0.05, 0) is 54.0 Å². The van der Waals surface area contributed by atoms with Gasteiger partial charge in [-0.25, -0.2) is 8.78 Å². The average molecular weight is 423 g/mol. The molecule has 2 fully saturated rings. The molecular weight excluding hydrogens is 390 g/mol. The summed E-state index contributed by atoms with van der Waals surface area (Å²) in [5, 5.41) is 0. The molecule has 0 aromatic heterocycles. The summed E-state index contributed by atoms with van der Waals surface area (Å²) in [5.74, 6) is -1.15. The van der Waals surface area contributed by atoms with Crippen molar-refractivity contribution in [1.82, 2.24) is 9.80 Å². The van der Waals surface area contributed by atoms with Crippen LogP contribution in [0.4, 0.5) is 8.78 Å². The molecule has 2 aromatic carbocycles. The number of nitrogens with zero attached hydrogens (tertiary/aromatic N) is 2. The first kappa shape index (κ1) is 20.8. The van der Waals surface area contributed by atoms with Gasteiger partial charge in [0.15, 0.2) is 0 Å². The second kappa shape index (κ2) is 8.84. The van der Waals surface area contributed by atoms with E-state index in [1.54, 1.807) is 0 Å². The highest BCUT2D eigenvalue weighted by molar-refractivity contribution is 5.70. The summed E-state index contributed by atoms with van der Waals surface area (Å²) in [7, 11) is 0. The van der Waals surface area contributed by atoms with E-state index in [4.69, 9.17) is 0 Å². The molecule has 2 aromatic rings. The molecule has 0 saturated carbocycles. The predicted molar refractivity (Wildman–Crippen MR) is 122 cm³/mol. The standard InChI is InChI=1S/C27H32F2N2/c28-27(29)14-4-15-30(20-27)16-13-21-7-9-23(10-8-21)25-12-11-24-18-31(19-26(24)25)17-22-5-2-1-3-6-22/h1-3,5-10,12,24,26H,4,11,13-20H2. The molecule has 31 heavy (non-hydrogen) atoms. The molecule has 164 valence electrons. The summed E-state index contributed by atoms with van der Waals surface area (Å²) in [4.78, 5) is 4.52. The summed E-state index contributed by atoms with van der Waals surface area (Å²) in [6.45, 7) is 4.78. The molecule has 2 unspecified atom stereocenters. The summed E-state index contributed by atoms with van der Waals surface area (Å²) in [5.41, 5.74) is 5.47. The van der Waals surface area contributed by atoms with E-state index in [2.05, 4.69) is 65.6 Å². The molecule has 2 nitrogen and oxygen atoms in total. The number of alkyl halides is 2. The number of likely N-dealkylation sites (tertiary alicyclic amines) is 2. The Morgan fingerprint density at radius 1 is 0.903 bits per heavy atom. The van der Waals surface area contributed by atoms with Crippen LogP contribution in [0.2, 0.25) is 0 Å². The molecule has 0 spiro atoms. The van der Waals surface area contributed by atoms with E-state index in [9.17, 15) is 8.78 Å². The molecule has 0 amide bonds. The van der Waals surface area contributed by atoms with Gasteiger partial charge in [-0.2, -0.15) is 0 Å². The van der Waals surface area contributed by atoms with Gasteiger partial charge in [0.1, 0.15) is 0 Å². The van der Waals surface area contributed by atoms with Crippen molar-refractivity contribution < 1.29 is 8.78 Å². The fourth-order valence-corrected chi connectivity index (χ4v) is 5.67. The maximum atomic E-state index is 13.6. The Kier molecular flexibility index (Phi) is 5.94. The lowest BCUT2D eigenvalue weighted by Gasteiger charge is -2.32. The zero-order valence-electron chi connectivity index (χ0n) is 18.1. The summed E-state index contributed by atoms with van der Waals surface area (Å²) >= 11 is 0. The van der Waals surface area contributed by atoms with Crippen LogP contribution in [0, 0.1) is 11.8 Å². The number of hydrogen-bond acceptors (Lipinski definition) is 2. The van der Waals surface area contributed by atoms with Gasteiger partial charge < -0.3 is 0 Å². The maximum absolute atomic E-state index is 13.6. The van der Waals surface area contributed by atoms with Crippen molar-refractivity contribution in [2.75, 3.05) is 32.7 Å². The minimum atomic E-state index is -2.51. The molecule has 2 aliphatic heterocycles. The lowest BCUT2D eigenvalue weighted by atomic mass is 9.90. The Morgan fingerprint density at radius 2 is 1.71 bits per heavy atom. The number of fused-ring (bicyclic) bond motifs is 1.